The fourth-order valence-electron chi connectivity index (χ4n) is 3.21. The van der Waals surface area contributed by atoms with Gasteiger partial charge in [-0.2, -0.15) is 4.98 Å². The van der Waals surface area contributed by atoms with Crippen LogP contribution in [0.5, 0.6) is 0 Å². The summed E-state index contributed by atoms with van der Waals surface area (Å²) in [6.07, 6.45) is 1.11. The number of nitrogens with two attached hydrogens (primary N) is 1. The van der Waals surface area contributed by atoms with E-state index >= 15 is 0 Å². The molecular weight excluding hydrogens is 318 g/mol. The topological polar surface area (TPSA) is 58.3 Å². The van der Waals surface area contributed by atoms with Crippen molar-refractivity contribution in [2.45, 2.75) is 6.42 Å². The van der Waals surface area contributed by atoms with Crippen LogP contribution in [-0.4, -0.2) is 47.6 Å². The average Bonchev–Trinajstić information content (AvgIpc) is 3.09. The Hall–Kier alpha value is -2.18. The monoisotopic (exact) mass is 339 g/mol. The molecule has 24 heavy (non-hydrogen) atoms. The zero-order valence-corrected chi connectivity index (χ0v) is 14.4. The van der Waals surface area contributed by atoms with Crippen LogP contribution in [0.15, 0.2) is 41.8 Å². The fraction of sp³-hybridized carbons (Fsp3) is 0.333. The molecule has 1 aromatic carbocycles. The Labute approximate surface area is 145 Å². The summed E-state index contributed by atoms with van der Waals surface area (Å²) in [5, 5.41) is 3.17. The van der Waals surface area contributed by atoms with Crippen LogP contribution in [0, 0.1) is 0 Å². The quantitative estimate of drug-likeness (QED) is 0.792. The minimum absolute atomic E-state index is 0.367. The lowest BCUT2D eigenvalue weighted by Crippen LogP contribution is -2.47. The standard InChI is InChI=1S/C18H21N5S/c19-18-20-16(15-7-13-24-17(15)21-18)23-11-9-22(10-12-23)8-6-14-4-2-1-3-5-14/h1-5,7,13H,6,8-12H2,(H2,19,20,21). The van der Waals surface area contributed by atoms with Crippen molar-refractivity contribution in [3.05, 3.63) is 47.3 Å². The number of rotatable bonds is 4. The molecule has 1 saturated heterocycles. The number of nitrogens with zero attached hydrogens (tertiary/aromatic N) is 4. The molecule has 5 nitrogen and oxygen atoms in total. The highest BCUT2D eigenvalue weighted by Crippen LogP contribution is 2.29. The maximum Gasteiger partial charge on any atom is 0.223 e. The van der Waals surface area contributed by atoms with Crippen LogP contribution in [0.3, 0.4) is 0 Å². The first-order valence-electron chi connectivity index (χ1n) is 8.31. The second kappa shape index (κ2) is 6.75. The number of piperazine rings is 1. The van der Waals surface area contributed by atoms with Crippen molar-refractivity contribution >= 4 is 33.3 Å². The van der Waals surface area contributed by atoms with Crippen LogP contribution in [0.1, 0.15) is 5.56 Å². The van der Waals surface area contributed by atoms with Gasteiger partial charge in [0.25, 0.3) is 0 Å². The molecule has 124 valence electrons. The molecule has 6 heteroatoms. The SMILES string of the molecule is Nc1nc(N2CCN(CCc3ccccc3)CC2)c2ccsc2n1. The van der Waals surface area contributed by atoms with Crippen LogP contribution in [0.25, 0.3) is 10.2 Å². The molecule has 4 rings (SSSR count). The molecule has 3 heterocycles. The van der Waals surface area contributed by atoms with E-state index in [-0.39, 0.29) is 0 Å². The number of hydrogen-bond acceptors (Lipinski definition) is 6. The summed E-state index contributed by atoms with van der Waals surface area (Å²) in [5.74, 6) is 1.35. The zero-order valence-electron chi connectivity index (χ0n) is 13.6. The van der Waals surface area contributed by atoms with E-state index in [4.69, 9.17) is 5.73 Å². The molecule has 2 N–H and O–H groups in total. The third-order valence-corrected chi connectivity index (χ3v) is 5.36. The summed E-state index contributed by atoms with van der Waals surface area (Å²) < 4.78 is 0. The maximum atomic E-state index is 5.88. The zero-order chi connectivity index (χ0) is 16.4. The molecule has 2 aromatic heterocycles. The second-order valence-electron chi connectivity index (χ2n) is 6.11. The number of benzene rings is 1. The van der Waals surface area contributed by atoms with Gasteiger partial charge in [-0.05, 0) is 23.4 Å². The summed E-state index contributed by atoms with van der Waals surface area (Å²) in [7, 11) is 0. The highest BCUT2D eigenvalue weighted by atomic mass is 32.1. The van der Waals surface area contributed by atoms with Gasteiger partial charge in [-0.15, -0.1) is 11.3 Å². The lowest BCUT2D eigenvalue weighted by Gasteiger charge is -2.35. The lowest BCUT2D eigenvalue weighted by atomic mass is 10.1. The molecule has 3 aromatic rings. The van der Waals surface area contributed by atoms with E-state index in [1.54, 1.807) is 11.3 Å². The summed E-state index contributed by atoms with van der Waals surface area (Å²) in [6.45, 7) is 5.19. The Morgan fingerprint density at radius 2 is 1.79 bits per heavy atom. The Balaban J connectivity index is 1.39. The first kappa shape index (κ1) is 15.4. The Morgan fingerprint density at radius 3 is 2.58 bits per heavy atom. The second-order valence-corrected chi connectivity index (χ2v) is 7.00. The minimum atomic E-state index is 0.367. The Morgan fingerprint density at radius 1 is 1.00 bits per heavy atom. The van der Waals surface area contributed by atoms with Gasteiger partial charge < -0.3 is 10.6 Å². The first-order valence-corrected chi connectivity index (χ1v) is 9.19. The number of anilines is 2. The molecule has 0 aliphatic carbocycles. The van der Waals surface area contributed by atoms with Crippen molar-refractivity contribution < 1.29 is 0 Å². The molecule has 0 spiro atoms. The normalized spacial score (nSPS) is 15.9. The smallest absolute Gasteiger partial charge is 0.223 e. The number of hydrogen-bond donors (Lipinski definition) is 1. The van der Waals surface area contributed by atoms with Gasteiger partial charge in [-0.1, -0.05) is 30.3 Å². The van der Waals surface area contributed by atoms with E-state index in [0.717, 1.165) is 55.2 Å². The van der Waals surface area contributed by atoms with Gasteiger partial charge in [0, 0.05) is 32.7 Å². The Bertz CT molecular complexity index is 809. The van der Waals surface area contributed by atoms with Gasteiger partial charge in [-0.25, -0.2) is 4.98 Å². The number of nitrogen functional groups attached to an aromatic ring is 1. The van der Waals surface area contributed by atoms with Crippen molar-refractivity contribution in [2.75, 3.05) is 43.4 Å². The van der Waals surface area contributed by atoms with Crippen molar-refractivity contribution in [1.82, 2.24) is 14.9 Å². The minimum Gasteiger partial charge on any atom is -0.368 e. The highest BCUT2D eigenvalue weighted by molar-refractivity contribution is 7.16. The van der Waals surface area contributed by atoms with Crippen LogP contribution in [0.2, 0.25) is 0 Å². The molecule has 1 aliphatic heterocycles. The molecule has 0 unspecified atom stereocenters. The predicted octanol–water partition coefficient (Wildman–Crippen LogP) is 2.64. The molecule has 1 aliphatic rings. The fourth-order valence-corrected chi connectivity index (χ4v) is 3.98. The number of fused-ring (bicyclic) bond motifs is 1. The molecule has 0 atom stereocenters. The third kappa shape index (κ3) is 3.20. The molecule has 0 radical (unpaired) electrons. The molecule has 1 fully saturated rings. The Kier molecular flexibility index (Phi) is 4.32. The van der Waals surface area contributed by atoms with Crippen LogP contribution < -0.4 is 10.6 Å². The predicted molar refractivity (Wildman–Crippen MR) is 101 cm³/mol. The van der Waals surface area contributed by atoms with E-state index in [9.17, 15) is 0 Å². The van der Waals surface area contributed by atoms with Gasteiger partial charge in [0.15, 0.2) is 0 Å². The van der Waals surface area contributed by atoms with Crippen molar-refractivity contribution in [1.29, 1.82) is 0 Å². The molecule has 0 saturated carbocycles. The van der Waals surface area contributed by atoms with Crippen LogP contribution in [-0.2, 0) is 6.42 Å². The summed E-state index contributed by atoms with van der Waals surface area (Å²) in [6, 6.07) is 12.8. The largest absolute Gasteiger partial charge is 0.368 e. The molecular formula is C18H21N5S. The summed E-state index contributed by atoms with van der Waals surface area (Å²) in [4.78, 5) is 14.7. The molecule has 0 bridgehead atoms. The van der Waals surface area contributed by atoms with Crippen molar-refractivity contribution in [2.24, 2.45) is 0 Å². The average molecular weight is 339 g/mol. The highest BCUT2D eigenvalue weighted by Gasteiger charge is 2.20. The lowest BCUT2D eigenvalue weighted by molar-refractivity contribution is 0.260. The van der Waals surface area contributed by atoms with E-state index in [1.807, 2.05) is 0 Å². The molecule has 0 amide bonds. The summed E-state index contributed by atoms with van der Waals surface area (Å²) in [5.41, 5.74) is 7.28. The number of aromatic nitrogens is 2. The number of thiophene rings is 1. The van der Waals surface area contributed by atoms with E-state index in [0.29, 0.717) is 5.95 Å². The summed E-state index contributed by atoms with van der Waals surface area (Å²) >= 11 is 1.62. The van der Waals surface area contributed by atoms with E-state index in [2.05, 4.69) is 61.5 Å². The van der Waals surface area contributed by atoms with E-state index < -0.39 is 0 Å². The van der Waals surface area contributed by atoms with Gasteiger partial charge in [0.2, 0.25) is 5.95 Å². The van der Waals surface area contributed by atoms with Gasteiger partial charge >= 0.3 is 0 Å². The van der Waals surface area contributed by atoms with Crippen molar-refractivity contribution in [3.8, 4) is 0 Å². The van der Waals surface area contributed by atoms with Gasteiger partial charge in [0.1, 0.15) is 10.6 Å². The third-order valence-electron chi connectivity index (χ3n) is 4.55. The van der Waals surface area contributed by atoms with Crippen LogP contribution in [0.4, 0.5) is 11.8 Å². The van der Waals surface area contributed by atoms with Gasteiger partial charge in [-0.3, -0.25) is 4.90 Å². The van der Waals surface area contributed by atoms with E-state index in [1.165, 1.54) is 5.56 Å². The first-order chi connectivity index (χ1) is 11.8. The van der Waals surface area contributed by atoms with Crippen LogP contribution >= 0.6 is 11.3 Å². The maximum absolute atomic E-state index is 5.88. The van der Waals surface area contributed by atoms with Crippen molar-refractivity contribution in [3.63, 3.8) is 0 Å². The van der Waals surface area contributed by atoms with Gasteiger partial charge in [0.05, 0.1) is 5.39 Å².